The van der Waals surface area contributed by atoms with Gasteiger partial charge in [-0.25, -0.2) is 14.6 Å². The lowest BCUT2D eigenvalue weighted by atomic mass is 10.1. The van der Waals surface area contributed by atoms with Crippen LogP contribution in [0.2, 0.25) is 0 Å². The molecule has 3 rings (SSSR count). The molecule has 0 bridgehead atoms. The number of nitrogens with zero attached hydrogens (tertiary/aromatic N) is 5. The van der Waals surface area contributed by atoms with E-state index >= 15 is 0 Å². The Kier molecular flexibility index (Phi) is 4.73. The maximum atomic E-state index is 9.25. The topological polar surface area (TPSA) is 87.3 Å². The van der Waals surface area contributed by atoms with Gasteiger partial charge in [0.2, 0.25) is 0 Å². The molecule has 0 aliphatic carbocycles. The summed E-state index contributed by atoms with van der Waals surface area (Å²) in [6.45, 7) is 4.88. The average molecular weight is 327 g/mol. The molecule has 7 nitrogen and oxygen atoms in total. The van der Waals surface area contributed by atoms with E-state index in [9.17, 15) is 10.2 Å². The number of aromatic nitrogens is 4. The van der Waals surface area contributed by atoms with Gasteiger partial charge in [-0.1, -0.05) is 6.07 Å². The number of hydrogen-bond donors (Lipinski definition) is 2. The van der Waals surface area contributed by atoms with Crippen LogP contribution < -0.4 is 4.90 Å². The number of hydrogen-bond acceptors (Lipinski definition) is 6. The van der Waals surface area contributed by atoms with Crippen molar-refractivity contribution in [2.75, 3.05) is 31.2 Å². The lowest BCUT2D eigenvalue weighted by Gasteiger charge is -2.21. The van der Waals surface area contributed by atoms with E-state index in [0.717, 1.165) is 11.1 Å². The molecule has 0 aliphatic heterocycles. The van der Waals surface area contributed by atoms with Crippen LogP contribution in [0.5, 0.6) is 0 Å². The Morgan fingerprint density at radius 3 is 2.46 bits per heavy atom. The van der Waals surface area contributed by atoms with Crippen LogP contribution in [0.4, 0.5) is 5.82 Å². The lowest BCUT2D eigenvalue weighted by molar-refractivity contribution is 0.281. The van der Waals surface area contributed by atoms with Gasteiger partial charge >= 0.3 is 0 Å². The minimum absolute atomic E-state index is 0.0171. The highest BCUT2D eigenvalue weighted by molar-refractivity contribution is 5.87. The van der Waals surface area contributed by atoms with E-state index in [2.05, 4.69) is 41.0 Å². The second-order valence-electron chi connectivity index (χ2n) is 5.69. The van der Waals surface area contributed by atoms with Gasteiger partial charge in [0.25, 0.3) is 0 Å². The summed E-state index contributed by atoms with van der Waals surface area (Å²) >= 11 is 0. The second-order valence-corrected chi connectivity index (χ2v) is 5.69. The summed E-state index contributed by atoms with van der Waals surface area (Å²) in [4.78, 5) is 10.5. The van der Waals surface area contributed by atoms with Gasteiger partial charge in [0.15, 0.2) is 5.65 Å². The van der Waals surface area contributed by atoms with Crippen LogP contribution in [0.3, 0.4) is 0 Å². The summed E-state index contributed by atoms with van der Waals surface area (Å²) in [7, 11) is 0. The molecule has 7 heteroatoms. The first-order chi connectivity index (χ1) is 11.7. The third-order valence-electron chi connectivity index (χ3n) is 4.12. The van der Waals surface area contributed by atoms with Gasteiger partial charge in [-0.05, 0) is 37.1 Å². The monoisotopic (exact) mass is 327 g/mol. The zero-order chi connectivity index (χ0) is 17.1. The van der Waals surface area contributed by atoms with Crippen LogP contribution in [0.1, 0.15) is 11.1 Å². The fourth-order valence-corrected chi connectivity index (χ4v) is 2.70. The fourth-order valence-electron chi connectivity index (χ4n) is 2.70. The molecule has 0 saturated heterocycles. The number of fused-ring (bicyclic) bond motifs is 1. The minimum atomic E-state index is -0.0171. The van der Waals surface area contributed by atoms with Crippen LogP contribution in [-0.4, -0.2) is 56.3 Å². The third kappa shape index (κ3) is 2.95. The maximum Gasteiger partial charge on any atom is 0.168 e. The van der Waals surface area contributed by atoms with Crippen molar-refractivity contribution < 1.29 is 10.2 Å². The molecular weight excluding hydrogens is 306 g/mol. The van der Waals surface area contributed by atoms with E-state index in [1.54, 1.807) is 10.9 Å². The van der Waals surface area contributed by atoms with Gasteiger partial charge in [0, 0.05) is 13.1 Å². The van der Waals surface area contributed by atoms with Crippen molar-refractivity contribution in [2.45, 2.75) is 13.8 Å². The molecule has 0 unspecified atom stereocenters. The van der Waals surface area contributed by atoms with Crippen LogP contribution in [0.15, 0.2) is 30.7 Å². The number of anilines is 1. The van der Waals surface area contributed by atoms with Crippen LogP contribution in [0, 0.1) is 13.8 Å². The Morgan fingerprint density at radius 2 is 1.79 bits per heavy atom. The zero-order valence-electron chi connectivity index (χ0n) is 13.8. The molecule has 1 aromatic carbocycles. The molecule has 126 valence electrons. The van der Waals surface area contributed by atoms with Gasteiger partial charge in [-0.3, -0.25) is 0 Å². The number of aryl methyl sites for hydroxylation is 2. The van der Waals surface area contributed by atoms with Gasteiger partial charge < -0.3 is 15.1 Å². The summed E-state index contributed by atoms with van der Waals surface area (Å²) in [6, 6.07) is 6.14. The van der Waals surface area contributed by atoms with Gasteiger partial charge in [0.1, 0.15) is 12.1 Å². The Balaban J connectivity index is 2.10. The van der Waals surface area contributed by atoms with Crippen molar-refractivity contribution in [1.29, 1.82) is 0 Å². The van der Waals surface area contributed by atoms with E-state index in [1.165, 1.54) is 17.5 Å². The number of aliphatic hydroxyl groups excluding tert-OH is 2. The fraction of sp³-hybridized carbons (Fsp3) is 0.353. The van der Waals surface area contributed by atoms with Crippen molar-refractivity contribution in [3.63, 3.8) is 0 Å². The van der Waals surface area contributed by atoms with Crippen LogP contribution in [-0.2, 0) is 0 Å². The van der Waals surface area contributed by atoms with Gasteiger partial charge in [0.05, 0.1) is 30.5 Å². The number of aliphatic hydroxyl groups is 2. The summed E-state index contributed by atoms with van der Waals surface area (Å²) in [6.07, 6.45) is 3.21. The SMILES string of the molecule is Cc1ccc(-n2ncc3c(N(CCO)CCO)ncnc32)cc1C. The first-order valence-electron chi connectivity index (χ1n) is 7.88. The molecule has 0 spiro atoms. The Bertz CT molecular complexity index is 840. The van der Waals surface area contributed by atoms with Crippen molar-refractivity contribution in [3.8, 4) is 5.69 Å². The normalized spacial score (nSPS) is 11.2. The van der Waals surface area contributed by atoms with Crippen molar-refractivity contribution in [1.82, 2.24) is 19.7 Å². The quantitative estimate of drug-likeness (QED) is 0.708. The van der Waals surface area contributed by atoms with E-state index in [1.807, 2.05) is 11.0 Å². The van der Waals surface area contributed by atoms with E-state index in [-0.39, 0.29) is 13.2 Å². The van der Waals surface area contributed by atoms with Crippen LogP contribution in [0.25, 0.3) is 16.7 Å². The van der Waals surface area contributed by atoms with E-state index in [4.69, 9.17) is 0 Å². The Morgan fingerprint density at radius 1 is 1.04 bits per heavy atom. The number of rotatable bonds is 6. The molecular formula is C17H21N5O2. The predicted octanol–water partition coefficient (Wildman–Crippen LogP) is 1.22. The molecule has 2 aromatic heterocycles. The maximum absolute atomic E-state index is 9.25. The number of benzene rings is 1. The van der Waals surface area contributed by atoms with Gasteiger partial charge in [-0.15, -0.1) is 0 Å². The Hall–Kier alpha value is -2.51. The van der Waals surface area contributed by atoms with Crippen molar-refractivity contribution >= 4 is 16.9 Å². The molecule has 0 fully saturated rings. The molecule has 0 atom stereocenters. The second kappa shape index (κ2) is 6.94. The highest BCUT2D eigenvalue weighted by Gasteiger charge is 2.16. The minimum Gasteiger partial charge on any atom is -0.395 e. The zero-order valence-corrected chi connectivity index (χ0v) is 13.8. The molecule has 2 heterocycles. The summed E-state index contributed by atoms with van der Waals surface area (Å²) in [5.74, 6) is 0.665. The van der Waals surface area contributed by atoms with E-state index in [0.29, 0.717) is 24.6 Å². The highest BCUT2D eigenvalue weighted by Crippen LogP contribution is 2.25. The average Bonchev–Trinajstić information content (AvgIpc) is 3.01. The summed E-state index contributed by atoms with van der Waals surface area (Å²) in [5, 5.41) is 23.7. The molecule has 0 aliphatic rings. The van der Waals surface area contributed by atoms with E-state index < -0.39 is 0 Å². The largest absolute Gasteiger partial charge is 0.395 e. The summed E-state index contributed by atoms with van der Waals surface area (Å²) in [5.41, 5.74) is 4.05. The smallest absolute Gasteiger partial charge is 0.168 e. The predicted molar refractivity (Wildman–Crippen MR) is 92.5 cm³/mol. The molecule has 2 N–H and O–H groups in total. The molecule has 3 aromatic rings. The standard InChI is InChI=1S/C17H21N5O2/c1-12-3-4-14(9-13(12)2)22-17-15(10-20-22)16(18-11-19-17)21(5-7-23)6-8-24/h3-4,9-11,23-24H,5-8H2,1-2H3. The summed E-state index contributed by atoms with van der Waals surface area (Å²) < 4.78 is 1.78. The molecule has 0 amide bonds. The van der Waals surface area contributed by atoms with Crippen molar-refractivity contribution in [2.24, 2.45) is 0 Å². The first-order valence-corrected chi connectivity index (χ1v) is 7.88. The van der Waals surface area contributed by atoms with Crippen molar-refractivity contribution in [3.05, 3.63) is 41.9 Å². The van der Waals surface area contributed by atoms with Crippen LogP contribution >= 0.6 is 0 Å². The highest BCUT2D eigenvalue weighted by atomic mass is 16.3. The lowest BCUT2D eigenvalue weighted by Crippen LogP contribution is -2.30. The van der Waals surface area contributed by atoms with Gasteiger partial charge in [-0.2, -0.15) is 5.10 Å². The third-order valence-corrected chi connectivity index (χ3v) is 4.12. The molecule has 24 heavy (non-hydrogen) atoms. The Labute approximate surface area is 140 Å². The first kappa shape index (κ1) is 16.4. The molecule has 0 saturated carbocycles. The molecule has 0 radical (unpaired) electrons.